The molecular formula is C11H17BrN2S. The molecule has 0 unspecified atom stereocenters. The first-order valence-electron chi connectivity index (χ1n) is 5.40. The molecule has 0 atom stereocenters. The van der Waals surface area contributed by atoms with E-state index in [1.807, 2.05) is 0 Å². The van der Waals surface area contributed by atoms with Gasteiger partial charge in [0.1, 0.15) is 0 Å². The van der Waals surface area contributed by atoms with Crippen molar-refractivity contribution in [2.45, 2.75) is 25.4 Å². The van der Waals surface area contributed by atoms with Crippen LogP contribution in [0.3, 0.4) is 0 Å². The monoisotopic (exact) mass is 288 g/mol. The summed E-state index contributed by atoms with van der Waals surface area (Å²) in [6, 6.07) is 2.96. The molecule has 0 aromatic carbocycles. The van der Waals surface area contributed by atoms with Crippen LogP contribution in [0.2, 0.25) is 0 Å². The van der Waals surface area contributed by atoms with Gasteiger partial charge in [0.05, 0.1) is 3.79 Å². The molecule has 1 aliphatic heterocycles. The zero-order chi connectivity index (χ0) is 10.7. The van der Waals surface area contributed by atoms with E-state index >= 15 is 0 Å². The number of likely N-dealkylation sites (tertiary alicyclic amines) is 1. The molecule has 0 amide bonds. The summed E-state index contributed by atoms with van der Waals surface area (Å²) in [5, 5.41) is 5.60. The molecule has 2 heterocycles. The normalized spacial score (nSPS) is 19.6. The third-order valence-corrected chi connectivity index (χ3v) is 4.58. The van der Waals surface area contributed by atoms with Crippen LogP contribution in [-0.4, -0.2) is 31.1 Å². The third kappa shape index (κ3) is 3.28. The highest BCUT2D eigenvalue weighted by molar-refractivity contribution is 9.11. The van der Waals surface area contributed by atoms with Crippen molar-refractivity contribution in [2.24, 2.45) is 0 Å². The first kappa shape index (κ1) is 11.6. The fourth-order valence-corrected chi connectivity index (χ4v) is 3.27. The maximum atomic E-state index is 3.51. The maximum Gasteiger partial charge on any atom is 0.0701 e. The van der Waals surface area contributed by atoms with E-state index in [0.717, 1.165) is 12.6 Å². The SMILES string of the molecule is CNC1CCN(Cc2csc(Br)c2)CC1. The quantitative estimate of drug-likeness (QED) is 0.920. The molecule has 1 aromatic heterocycles. The molecule has 0 radical (unpaired) electrons. The average molecular weight is 289 g/mol. The van der Waals surface area contributed by atoms with E-state index in [-0.39, 0.29) is 0 Å². The Kier molecular flexibility index (Phi) is 4.20. The molecule has 0 spiro atoms. The Labute approximate surface area is 104 Å². The summed E-state index contributed by atoms with van der Waals surface area (Å²) in [5.74, 6) is 0. The predicted molar refractivity (Wildman–Crippen MR) is 69.4 cm³/mol. The summed E-state index contributed by atoms with van der Waals surface area (Å²) in [7, 11) is 2.07. The van der Waals surface area contributed by atoms with Crippen LogP contribution in [0.4, 0.5) is 0 Å². The smallest absolute Gasteiger partial charge is 0.0701 e. The summed E-state index contributed by atoms with van der Waals surface area (Å²) in [4.78, 5) is 2.54. The minimum atomic E-state index is 0.732. The molecule has 0 saturated carbocycles. The molecule has 0 bridgehead atoms. The molecular weight excluding hydrogens is 272 g/mol. The van der Waals surface area contributed by atoms with Crippen molar-refractivity contribution < 1.29 is 0 Å². The van der Waals surface area contributed by atoms with Gasteiger partial charge in [-0.3, -0.25) is 4.90 Å². The molecule has 84 valence electrons. The summed E-state index contributed by atoms with van der Waals surface area (Å²) < 4.78 is 1.24. The van der Waals surface area contributed by atoms with Gasteiger partial charge in [-0.25, -0.2) is 0 Å². The second-order valence-electron chi connectivity index (χ2n) is 4.10. The summed E-state index contributed by atoms with van der Waals surface area (Å²) >= 11 is 5.28. The van der Waals surface area contributed by atoms with Gasteiger partial charge in [-0.15, -0.1) is 11.3 Å². The Bertz CT molecular complexity index is 305. The molecule has 2 rings (SSSR count). The first-order valence-corrected chi connectivity index (χ1v) is 7.07. The minimum absolute atomic E-state index is 0.732. The van der Waals surface area contributed by atoms with Gasteiger partial charge in [-0.1, -0.05) is 0 Å². The van der Waals surface area contributed by atoms with Crippen molar-refractivity contribution in [1.82, 2.24) is 10.2 Å². The van der Waals surface area contributed by atoms with Gasteiger partial charge in [0.25, 0.3) is 0 Å². The molecule has 4 heteroatoms. The fourth-order valence-electron chi connectivity index (χ4n) is 2.07. The Morgan fingerprint density at radius 3 is 2.80 bits per heavy atom. The van der Waals surface area contributed by atoms with Crippen LogP contribution in [0.15, 0.2) is 15.2 Å². The topological polar surface area (TPSA) is 15.3 Å². The number of nitrogens with one attached hydrogen (secondary N) is 1. The van der Waals surface area contributed by atoms with Crippen LogP contribution in [0.5, 0.6) is 0 Å². The van der Waals surface area contributed by atoms with Crippen molar-refractivity contribution in [1.29, 1.82) is 0 Å². The number of hydrogen-bond acceptors (Lipinski definition) is 3. The molecule has 1 N–H and O–H groups in total. The van der Waals surface area contributed by atoms with Crippen molar-refractivity contribution in [3.05, 3.63) is 20.8 Å². The second-order valence-corrected chi connectivity index (χ2v) is 6.39. The Hall–Kier alpha value is 0.100. The van der Waals surface area contributed by atoms with Gasteiger partial charge in [0, 0.05) is 12.6 Å². The number of hydrogen-bond donors (Lipinski definition) is 1. The van der Waals surface area contributed by atoms with Gasteiger partial charge < -0.3 is 5.32 Å². The van der Waals surface area contributed by atoms with Crippen molar-refractivity contribution >= 4 is 27.3 Å². The minimum Gasteiger partial charge on any atom is -0.317 e. The highest BCUT2D eigenvalue weighted by Gasteiger charge is 2.17. The predicted octanol–water partition coefficient (Wildman–Crippen LogP) is 2.69. The van der Waals surface area contributed by atoms with Gasteiger partial charge in [0.15, 0.2) is 0 Å². The van der Waals surface area contributed by atoms with Crippen molar-refractivity contribution in [3.8, 4) is 0 Å². The molecule has 1 aliphatic rings. The number of thiophene rings is 1. The molecule has 1 fully saturated rings. The second kappa shape index (κ2) is 5.43. The lowest BCUT2D eigenvalue weighted by atomic mass is 10.1. The van der Waals surface area contributed by atoms with Gasteiger partial charge >= 0.3 is 0 Å². The molecule has 2 nitrogen and oxygen atoms in total. The highest BCUT2D eigenvalue weighted by atomic mass is 79.9. The van der Waals surface area contributed by atoms with E-state index in [1.165, 1.54) is 35.3 Å². The van der Waals surface area contributed by atoms with E-state index in [1.54, 1.807) is 11.3 Å². The number of halogens is 1. The third-order valence-electron chi connectivity index (χ3n) is 3.02. The van der Waals surface area contributed by atoms with Crippen molar-refractivity contribution in [2.75, 3.05) is 20.1 Å². The summed E-state index contributed by atoms with van der Waals surface area (Å²) in [5.41, 5.74) is 1.44. The molecule has 0 aliphatic carbocycles. The summed E-state index contributed by atoms with van der Waals surface area (Å²) in [6.07, 6.45) is 2.56. The maximum absolute atomic E-state index is 3.51. The molecule has 1 saturated heterocycles. The average Bonchev–Trinajstić information content (AvgIpc) is 2.65. The van der Waals surface area contributed by atoms with E-state index < -0.39 is 0 Å². The summed E-state index contributed by atoms with van der Waals surface area (Å²) in [6.45, 7) is 3.55. The Morgan fingerprint density at radius 1 is 1.53 bits per heavy atom. The lowest BCUT2D eigenvalue weighted by Crippen LogP contribution is -2.40. The van der Waals surface area contributed by atoms with Crippen LogP contribution in [0.1, 0.15) is 18.4 Å². The van der Waals surface area contributed by atoms with Crippen LogP contribution in [-0.2, 0) is 6.54 Å². The molecule has 15 heavy (non-hydrogen) atoms. The standard InChI is InChI=1S/C11H17BrN2S/c1-13-10-2-4-14(5-3-10)7-9-6-11(12)15-8-9/h6,8,10,13H,2-5,7H2,1H3. The van der Waals surface area contributed by atoms with Crippen LogP contribution in [0, 0.1) is 0 Å². The Balaban J connectivity index is 1.82. The highest BCUT2D eigenvalue weighted by Crippen LogP contribution is 2.22. The zero-order valence-corrected chi connectivity index (χ0v) is 11.4. The zero-order valence-electron chi connectivity index (χ0n) is 9.00. The number of piperidine rings is 1. The van der Waals surface area contributed by atoms with E-state index in [9.17, 15) is 0 Å². The van der Waals surface area contributed by atoms with Crippen LogP contribution < -0.4 is 5.32 Å². The lowest BCUT2D eigenvalue weighted by molar-refractivity contribution is 0.195. The molecule has 1 aromatic rings. The van der Waals surface area contributed by atoms with E-state index in [4.69, 9.17) is 0 Å². The van der Waals surface area contributed by atoms with Gasteiger partial charge in [-0.2, -0.15) is 0 Å². The number of rotatable bonds is 3. The first-order chi connectivity index (χ1) is 7.28. The fraction of sp³-hybridized carbons (Fsp3) is 0.636. The van der Waals surface area contributed by atoms with E-state index in [2.05, 4.69) is 44.6 Å². The van der Waals surface area contributed by atoms with Crippen LogP contribution >= 0.6 is 27.3 Å². The van der Waals surface area contributed by atoms with Crippen LogP contribution in [0.25, 0.3) is 0 Å². The Morgan fingerprint density at radius 2 is 2.27 bits per heavy atom. The van der Waals surface area contributed by atoms with Gasteiger partial charge in [-0.05, 0) is 65.9 Å². The van der Waals surface area contributed by atoms with Gasteiger partial charge in [0.2, 0.25) is 0 Å². The number of nitrogens with zero attached hydrogens (tertiary/aromatic N) is 1. The lowest BCUT2D eigenvalue weighted by Gasteiger charge is -2.31. The van der Waals surface area contributed by atoms with E-state index in [0.29, 0.717) is 0 Å². The largest absolute Gasteiger partial charge is 0.317 e. The van der Waals surface area contributed by atoms with Crippen molar-refractivity contribution in [3.63, 3.8) is 0 Å².